The van der Waals surface area contributed by atoms with Crippen LogP contribution < -0.4 is 5.32 Å². The Hall–Kier alpha value is -1.61. The Bertz CT molecular complexity index is 545. The molecular weight excluding hydrogens is 254 g/mol. The van der Waals surface area contributed by atoms with Crippen LogP contribution in [0.2, 0.25) is 0 Å². The van der Waals surface area contributed by atoms with Gasteiger partial charge in [-0.1, -0.05) is 51.1 Å². The van der Waals surface area contributed by atoms with Crippen molar-refractivity contribution in [3.05, 3.63) is 52.2 Å². The lowest BCUT2D eigenvalue weighted by atomic mass is 9.99. The number of carbonyl (C=O) groups excluding carboxylic acids is 1. The maximum absolute atomic E-state index is 11.8. The Balaban J connectivity index is 2.22. The largest absolute Gasteiger partial charge is 0.325 e. The highest BCUT2D eigenvalue weighted by Gasteiger charge is 2.16. The van der Waals surface area contributed by atoms with E-state index in [0.717, 1.165) is 5.69 Å². The molecule has 1 aromatic heterocycles. The fraction of sp³-hybridized carbons (Fsp3) is 0.312. The second-order valence-corrected chi connectivity index (χ2v) is 5.92. The first-order valence-corrected chi connectivity index (χ1v) is 7.40. The summed E-state index contributed by atoms with van der Waals surface area (Å²) in [4.78, 5) is 13.0. The molecule has 100 valence electrons. The third-order valence-corrected chi connectivity index (χ3v) is 4.27. The van der Waals surface area contributed by atoms with Gasteiger partial charge in [0.05, 0.1) is 5.69 Å². The van der Waals surface area contributed by atoms with Gasteiger partial charge in [-0.25, -0.2) is 0 Å². The molecular formula is C16H19NOS. The summed E-state index contributed by atoms with van der Waals surface area (Å²) < 4.78 is 0. The standard InChI is InChI=1S/C16H19NOS/c1-11(2)16(18)17-14-9-10-19-15(14)12(3)13-7-5-4-6-8-13/h4-12H,1-3H3,(H,17,18)/t12-/m0/s1. The molecule has 0 aliphatic carbocycles. The van der Waals surface area contributed by atoms with Gasteiger partial charge in [0, 0.05) is 16.7 Å². The van der Waals surface area contributed by atoms with E-state index in [1.165, 1.54) is 10.4 Å². The van der Waals surface area contributed by atoms with Crippen LogP contribution in [-0.4, -0.2) is 5.91 Å². The van der Waals surface area contributed by atoms with Crippen LogP contribution in [0.3, 0.4) is 0 Å². The Morgan fingerprint density at radius 3 is 2.42 bits per heavy atom. The van der Waals surface area contributed by atoms with Crippen LogP contribution in [0.4, 0.5) is 5.69 Å². The molecule has 2 nitrogen and oxygen atoms in total. The summed E-state index contributed by atoms with van der Waals surface area (Å²) in [7, 11) is 0. The van der Waals surface area contributed by atoms with E-state index in [0.29, 0.717) is 5.92 Å². The average molecular weight is 273 g/mol. The topological polar surface area (TPSA) is 29.1 Å². The molecule has 1 aromatic carbocycles. The first-order valence-electron chi connectivity index (χ1n) is 6.52. The molecule has 0 spiro atoms. The van der Waals surface area contributed by atoms with Gasteiger partial charge in [0.15, 0.2) is 0 Å². The van der Waals surface area contributed by atoms with E-state index in [9.17, 15) is 4.79 Å². The number of rotatable bonds is 4. The number of carbonyl (C=O) groups is 1. The van der Waals surface area contributed by atoms with E-state index in [1.807, 2.05) is 43.5 Å². The summed E-state index contributed by atoms with van der Waals surface area (Å²) in [5.41, 5.74) is 2.21. The van der Waals surface area contributed by atoms with E-state index in [4.69, 9.17) is 0 Å². The van der Waals surface area contributed by atoms with E-state index in [-0.39, 0.29) is 11.8 Å². The smallest absolute Gasteiger partial charge is 0.226 e. The third-order valence-electron chi connectivity index (χ3n) is 3.17. The molecule has 0 saturated heterocycles. The lowest BCUT2D eigenvalue weighted by Gasteiger charge is -2.14. The summed E-state index contributed by atoms with van der Waals surface area (Å²) in [5, 5.41) is 5.04. The van der Waals surface area contributed by atoms with Crippen LogP contribution in [0.15, 0.2) is 41.8 Å². The Morgan fingerprint density at radius 1 is 1.11 bits per heavy atom. The van der Waals surface area contributed by atoms with Crippen LogP contribution in [0.25, 0.3) is 0 Å². The maximum atomic E-state index is 11.8. The van der Waals surface area contributed by atoms with E-state index < -0.39 is 0 Å². The number of benzene rings is 1. The third kappa shape index (κ3) is 3.24. The predicted octanol–water partition coefficient (Wildman–Crippen LogP) is 4.49. The molecule has 0 unspecified atom stereocenters. The second-order valence-electron chi connectivity index (χ2n) is 4.97. The molecule has 1 heterocycles. The van der Waals surface area contributed by atoms with Crippen molar-refractivity contribution in [3.63, 3.8) is 0 Å². The average Bonchev–Trinajstić information content (AvgIpc) is 2.87. The number of hydrogen-bond acceptors (Lipinski definition) is 2. The van der Waals surface area contributed by atoms with Gasteiger partial charge in [-0.3, -0.25) is 4.79 Å². The highest BCUT2D eigenvalue weighted by molar-refractivity contribution is 7.10. The van der Waals surface area contributed by atoms with Crippen LogP contribution in [0.5, 0.6) is 0 Å². The molecule has 2 aromatic rings. The summed E-state index contributed by atoms with van der Waals surface area (Å²) in [6.07, 6.45) is 0. The van der Waals surface area contributed by atoms with Crippen molar-refractivity contribution in [2.24, 2.45) is 5.92 Å². The number of anilines is 1. The first-order chi connectivity index (χ1) is 9.09. The molecule has 1 N–H and O–H groups in total. The molecule has 19 heavy (non-hydrogen) atoms. The quantitative estimate of drug-likeness (QED) is 0.873. The Labute approximate surface area is 118 Å². The molecule has 0 aliphatic heterocycles. The maximum Gasteiger partial charge on any atom is 0.226 e. The fourth-order valence-electron chi connectivity index (χ4n) is 1.93. The minimum Gasteiger partial charge on any atom is -0.325 e. The van der Waals surface area contributed by atoms with Gasteiger partial charge in [0.25, 0.3) is 0 Å². The summed E-state index contributed by atoms with van der Waals surface area (Å²) in [5.74, 6) is 0.364. The number of thiophene rings is 1. The van der Waals surface area contributed by atoms with Crippen molar-refractivity contribution in [1.82, 2.24) is 0 Å². The van der Waals surface area contributed by atoms with Gasteiger partial charge in [0.2, 0.25) is 5.91 Å². The van der Waals surface area contributed by atoms with Crippen molar-refractivity contribution in [2.45, 2.75) is 26.7 Å². The summed E-state index contributed by atoms with van der Waals surface area (Å²) >= 11 is 1.69. The van der Waals surface area contributed by atoms with E-state index >= 15 is 0 Å². The number of hydrogen-bond donors (Lipinski definition) is 1. The lowest BCUT2D eigenvalue weighted by Crippen LogP contribution is -2.18. The molecule has 0 saturated carbocycles. The zero-order valence-electron chi connectivity index (χ0n) is 11.5. The molecule has 0 aliphatic rings. The van der Waals surface area contributed by atoms with Crippen molar-refractivity contribution in [3.8, 4) is 0 Å². The molecule has 1 atom stereocenters. The van der Waals surface area contributed by atoms with E-state index in [1.54, 1.807) is 11.3 Å². The molecule has 3 heteroatoms. The number of nitrogens with one attached hydrogen (secondary N) is 1. The summed E-state index contributed by atoms with van der Waals surface area (Å²) in [6, 6.07) is 12.3. The van der Waals surface area contributed by atoms with Gasteiger partial charge in [-0.2, -0.15) is 0 Å². The van der Waals surface area contributed by atoms with Gasteiger partial charge < -0.3 is 5.32 Å². The zero-order chi connectivity index (χ0) is 13.8. The number of amides is 1. The van der Waals surface area contributed by atoms with E-state index in [2.05, 4.69) is 24.4 Å². The lowest BCUT2D eigenvalue weighted by molar-refractivity contribution is -0.118. The van der Waals surface area contributed by atoms with Gasteiger partial charge >= 0.3 is 0 Å². The molecule has 0 radical (unpaired) electrons. The fourth-order valence-corrected chi connectivity index (χ4v) is 2.87. The molecule has 2 rings (SSSR count). The van der Waals surface area contributed by atoms with Gasteiger partial charge in [0.1, 0.15) is 0 Å². The normalized spacial score (nSPS) is 12.4. The van der Waals surface area contributed by atoms with Crippen molar-refractivity contribution >= 4 is 22.9 Å². The van der Waals surface area contributed by atoms with Crippen LogP contribution in [-0.2, 0) is 4.79 Å². The molecule has 0 fully saturated rings. The van der Waals surface area contributed by atoms with Crippen molar-refractivity contribution < 1.29 is 4.79 Å². The first kappa shape index (κ1) is 13.8. The minimum atomic E-state index is -0.000202. The Morgan fingerprint density at radius 2 is 1.79 bits per heavy atom. The van der Waals surface area contributed by atoms with Crippen LogP contribution in [0.1, 0.15) is 37.1 Å². The van der Waals surface area contributed by atoms with Gasteiger partial charge in [-0.15, -0.1) is 11.3 Å². The van der Waals surface area contributed by atoms with Gasteiger partial charge in [-0.05, 0) is 17.0 Å². The zero-order valence-corrected chi connectivity index (χ0v) is 12.3. The highest BCUT2D eigenvalue weighted by Crippen LogP contribution is 2.34. The van der Waals surface area contributed by atoms with Crippen molar-refractivity contribution in [2.75, 3.05) is 5.32 Å². The Kier molecular flexibility index (Phi) is 4.38. The molecule has 0 bridgehead atoms. The van der Waals surface area contributed by atoms with Crippen LogP contribution in [0, 0.1) is 5.92 Å². The van der Waals surface area contributed by atoms with Crippen LogP contribution >= 0.6 is 11.3 Å². The molecule has 1 amide bonds. The van der Waals surface area contributed by atoms with Crippen molar-refractivity contribution in [1.29, 1.82) is 0 Å². The SMILES string of the molecule is CC(C)C(=O)Nc1ccsc1[C@@H](C)c1ccccc1. The summed E-state index contributed by atoms with van der Waals surface area (Å²) in [6.45, 7) is 5.98. The highest BCUT2D eigenvalue weighted by atomic mass is 32.1. The monoisotopic (exact) mass is 273 g/mol. The minimum absolute atomic E-state index is 0.000202. The predicted molar refractivity (Wildman–Crippen MR) is 81.7 cm³/mol. The second kappa shape index (κ2) is 6.02.